The fourth-order valence-corrected chi connectivity index (χ4v) is 6.12. The van der Waals surface area contributed by atoms with Gasteiger partial charge in [0.15, 0.2) is 5.13 Å². The fourth-order valence-electron chi connectivity index (χ4n) is 4.38. The van der Waals surface area contributed by atoms with Gasteiger partial charge in [-0.1, -0.05) is 49.4 Å². The van der Waals surface area contributed by atoms with Gasteiger partial charge in [0.05, 0.1) is 27.6 Å². The fraction of sp³-hybridized carbons (Fsp3) is 0.0938. The van der Waals surface area contributed by atoms with E-state index in [9.17, 15) is 24.3 Å². The van der Waals surface area contributed by atoms with E-state index in [-0.39, 0.29) is 17.0 Å². The minimum absolute atomic E-state index is 0.173. The van der Waals surface area contributed by atoms with Gasteiger partial charge < -0.3 is 20.8 Å². The van der Waals surface area contributed by atoms with Crippen molar-refractivity contribution in [2.45, 2.75) is 23.5 Å². The van der Waals surface area contributed by atoms with Crippen molar-refractivity contribution < 1.29 is 29.4 Å². The monoisotopic (exact) mass is 611 g/mol. The van der Waals surface area contributed by atoms with Crippen molar-refractivity contribution in [1.29, 1.82) is 0 Å². The number of rotatable bonds is 10. The van der Waals surface area contributed by atoms with E-state index in [1.54, 1.807) is 18.2 Å². The first kappa shape index (κ1) is 29.5. The molecule has 2 amide bonds. The first-order chi connectivity index (χ1) is 20.7. The molecule has 5 aromatic rings. The summed E-state index contributed by atoms with van der Waals surface area (Å²) in [5, 5.41) is 28.4. The number of hydrogen-bond acceptors (Lipinski definition) is 7. The summed E-state index contributed by atoms with van der Waals surface area (Å²) in [4.78, 5) is 54.3. The lowest BCUT2D eigenvalue weighted by Crippen LogP contribution is -2.24. The Kier molecular flexibility index (Phi) is 8.84. The van der Waals surface area contributed by atoms with Crippen molar-refractivity contribution in [3.8, 4) is 11.3 Å². The Morgan fingerprint density at radius 2 is 1.63 bits per heavy atom. The molecule has 4 N–H and O–H groups in total. The summed E-state index contributed by atoms with van der Waals surface area (Å²) in [6.07, 6.45) is 0.536. The lowest BCUT2D eigenvalue weighted by molar-refractivity contribution is -0.115. The van der Waals surface area contributed by atoms with Crippen LogP contribution >= 0.6 is 23.1 Å². The summed E-state index contributed by atoms with van der Waals surface area (Å²) < 4.78 is 0. The number of anilines is 2. The van der Waals surface area contributed by atoms with Crippen LogP contribution in [0.2, 0.25) is 0 Å². The van der Waals surface area contributed by atoms with Gasteiger partial charge in [0.1, 0.15) is 0 Å². The highest BCUT2D eigenvalue weighted by Crippen LogP contribution is 2.31. The third kappa shape index (κ3) is 6.91. The number of carboxylic acids is 2. The van der Waals surface area contributed by atoms with Crippen LogP contribution in [0.3, 0.4) is 0 Å². The second-order valence-corrected chi connectivity index (χ2v) is 11.6. The highest BCUT2D eigenvalue weighted by Gasteiger charge is 2.21. The molecule has 5 rings (SSSR count). The summed E-state index contributed by atoms with van der Waals surface area (Å²) >= 11 is 2.68. The molecule has 216 valence electrons. The smallest absolute Gasteiger partial charge is 0.336 e. The summed E-state index contributed by atoms with van der Waals surface area (Å²) in [5.41, 5.74) is 1.30. The van der Waals surface area contributed by atoms with Gasteiger partial charge in [-0.15, -0.1) is 23.1 Å². The van der Waals surface area contributed by atoms with Crippen LogP contribution in [0.15, 0.2) is 95.2 Å². The molecule has 0 bridgehead atoms. The Hall–Kier alpha value is -5.00. The Morgan fingerprint density at radius 3 is 2.37 bits per heavy atom. The first-order valence-corrected chi connectivity index (χ1v) is 14.9. The minimum Gasteiger partial charge on any atom is -0.478 e. The zero-order valence-corrected chi connectivity index (χ0v) is 24.4. The zero-order chi connectivity index (χ0) is 30.5. The van der Waals surface area contributed by atoms with Crippen molar-refractivity contribution in [2.24, 2.45) is 0 Å². The van der Waals surface area contributed by atoms with Crippen LogP contribution in [0.4, 0.5) is 10.8 Å². The van der Waals surface area contributed by atoms with Crippen molar-refractivity contribution in [1.82, 2.24) is 4.98 Å². The van der Waals surface area contributed by atoms with Gasteiger partial charge >= 0.3 is 11.9 Å². The van der Waals surface area contributed by atoms with Crippen molar-refractivity contribution >= 4 is 68.4 Å². The number of nitrogens with zero attached hydrogens (tertiary/aromatic N) is 1. The molecule has 43 heavy (non-hydrogen) atoms. The van der Waals surface area contributed by atoms with E-state index in [4.69, 9.17) is 5.11 Å². The number of amides is 2. The summed E-state index contributed by atoms with van der Waals surface area (Å²) in [6, 6.07) is 24.3. The molecular formula is C32H25N3O6S2. The molecule has 0 aliphatic rings. The molecule has 0 fully saturated rings. The maximum absolute atomic E-state index is 13.2. The molecule has 0 spiro atoms. The highest BCUT2D eigenvalue weighted by molar-refractivity contribution is 8.00. The number of aromatic carboxylic acids is 2. The SMILES string of the molecule is CCC(Sc1cccc(NC(=O)c2ccc(C(=O)O)cc2C(=O)O)c1)C(=O)Nc1nc(-c2ccc3ccccc3c2)cs1. The number of hydrogen-bond donors (Lipinski definition) is 4. The summed E-state index contributed by atoms with van der Waals surface area (Å²) in [6.45, 7) is 1.90. The predicted molar refractivity (Wildman–Crippen MR) is 168 cm³/mol. The molecule has 0 aliphatic heterocycles. The molecule has 1 heterocycles. The number of thioether (sulfide) groups is 1. The second-order valence-electron chi connectivity index (χ2n) is 9.46. The lowest BCUT2D eigenvalue weighted by Gasteiger charge is -2.15. The summed E-state index contributed by atoms with van der Waals surface area (Å²) in [7, 11) is 0. The van der Waals surface area contributed by atoms with E-state index in [1.165, 1.54) is 35.2 Å². The minimum atomic E-state index is -1.42. The maximum atomic E-state index is 13.2. The Bertz CT molecular complexity index is 1870. The van der Waals surface area contributed by atoms with E-state index < -0.39 is 28.7 Å². The normalized spacial score (nSPS) is 11.6. The van der Waals surface area contributed by atoms with E-state index in [2.05, 4.69) is 27.8 Å². The molecule has 4 aromatic carbocycles. The van der Waals surface area contributed by atoms with Crippen molar-refractivity contribution in [3.63, 3.8) is 0 Å². The lowest BCUT2D eigenvalue weighted by atomic mass is 10.0. The number of thiazole rings is 1. The van der Waals surface area contributed by atoms with Crippen LogP contribution in [0, 0.1) is 0 Å². The Balaban J connectivity index is 1.25. The zero-order valence-electron chi connectivity index (χ0n) is 22.7. The number of nitrogens with one attached hydrogen (secondary N) is 2. The molecule has 0 radical (unpaired) electrons. The molecule has 11 heteroatoms. The number of benzene rings is 4. The molecule has 1 aromatic heterocycles. The number of fused-ring (bicyclic) bond motifs is 1. The van der Waals surface area contributed by atoms with Gasteiger partial charge in [0.25, 0.3) is 5.91 Å². The standard InChI is InChI=1S/C32H25N3O6S2/c1-2-27(29(37)35-32-34-26(17-42-32)20-11-10-18-6-3-4-7-19(18)14-20)43-23-9-5-8-22(16-23)33-28(36)24-13-12-21(30(38)39)15-25(24)31(40)41/h3-17,27H,2H2,1H3,(H,33,36)(H,38,39)(H,40,41)(H,34,35,37). The largest absolute Gasteiger partial charge is 0.478 e. The van der Waals surface area contributed by atoms with Crippen LogP contribution in [0.25, 0.3) is 22.0 Å². The molecule has 0 saturated carbocycles. The Labute approximate surface area is 254 Å². The van der Waals surface area contributed by atoms with Gasteiger partial charge in [-0.3, -0.25) is 9.59 Å². The van der Waals surface area contributed by atoms with E-state index in [0.29, 0.717) is 17.2 Å². The van der Waals surface area contributed by atoms with Crippen LogP contribution < -0.4 is 10.6 Å². The van der Waals surface area contributed by atoms with E-state index >= 15 is 0 Å². The molecule has 9 nitrogen and oxygen atoms in total. The van der Waals surface area contributed by atoms with Crippen LogP contribution in [-0.4, -0.2) is 44.2 Å². The third-order valence-electron chi connectivity index (χ3n) is 6.55. The van der Waals surface area contributed by atoms with Crippen LogP contribution in [-0.2, 0) is 4.79 Å². The second kappa shape index (κ2) is 12.9. The summed E-state index contributed by atoms with van der Waals surface area (Å²) in [5.74, 6) is -3.62. The van der Waals surface area contributed by atoms with Crippen molar-refractivity contribution in [3.05, 3.63) is 107 Å². The van der Waals surface area contributed by atoms with Gasteiger partial charge in [0.2, 0.25) is 5.91 Å². The highest BCUT2D eigenvalue weighted by atomic mass is 32.2. The topological polar surface area (TPSA) is 146 Å². The average molecular weight is 612 g/mol. The number of carbonyl (C=O) groups is 4. The number of aromatic nitrogens is 1. The average Bonchev–Trinajstić information content (AvgIpc) is 3.47. The number of carbonyl (C=O) groups excluding carboxylic acids is 2. The van der Waals surface area contributed by atoms with Gasteiger partial charge in [-0.2, -0.15) is 0 Å². The maximum Gasteiger partial charge on any atom is 0.336 e. The van der Waals surface area contributed by atoms with Crippen LogP contribution in [0.1, 0.15) is 44.4 Å². The molecule has 1 unspecified atom stereocenters. The Morgan fingerprint density at radius 1 is 0.837 bits per heavy atom. The van der Waals surface area contributed by atoms with Gasteiger partial charge in [0, 0.05) is 21.5 Å². The molecule has 1 atom stereocenters. The van der Waals surface area contributed by atoms with Crippen molar-refractivity contribution in [2.75, 3.05) is 10.6 Å². The van der Waals surface area contributed by atoms with Crippen LogP contribution in [0.5, 0.6) is 0 Å². The quantitative estimate of drug-likeness (QED) is 0.122. The van der Waals surface area contributed by atoms with E-state index in [1.807, 2.05) is 48.7 Å². The van der Waals surface area contributed by atoms with E-state index in [0.717, 1.165) is 33.0 Å². The molecular weight excluding hydrogens is 587 g/mol. The molecule has 0 aliphatic carbocycles. The van der Waals surface area contributed by atoms with Gasteiger partial charge in [-0.05, 0) is 59.7 Å². The molecule has 0 saturated heterocycles. The predicted octanol–water partition coefficient (Wildman–Crippen LogP) is 7.12. The third-order valence-corrected chi connectivity index (χ3v) is 8.67. The first-order valence-electron chi connectivity index (χ1n) is 13.2. The van der Waals surface area contributed by atoms with Gasteiger partial charge in [-0.25, -0.2) is 14.6 Å². The number of carboxylic acid groups (broad SMARTS) is 2.